The Morgan fingerprint density at radius 3 is 2.60 bits per heavy atom. The topological polar surface area (TPSA) is 92.6 Å². The van der Waals surface area contributed by atoms with Gasteiger partial charge in [0.2, 0.25) is 0 Å². The van der Waals surface area contributed by atoms with Crippen LogP contribution in [0.25, 0.3) is 11.3 Å². The first-order valence-corrected chi connectivity index (χ1v) is 18.2. The second-order valence-corrected chi connectivity index (χ2v) is 16.0. The van der Waals surface area contributed by atoms with E-state index in [2.05, 4.69) is 53.9 Å². The number of likely N-dealkylation sites (tertiary alicyclic amines) is 2. The van der Waals surface area contributed by atoms with Crippen LogP contribution in [0.15, 0.2) is 36.8 Å². The van der Waals surface area contributed by atoms with Gasteiger partial charge >= 0.3 is 0 Å². The first-order chi connectivity index (χ1) is 23.4. The molecule has 0 N–H and O–H groups in total. The molecule has 2 aliphatic carbocycles. The summed E-state index contributed by atoms with van der Waals surface area (Å²) in [5.74, 6) is 2.99. The highest BCUT2D eigenvalue weighted by Crippen LogP contribution is 2.50. The van der Waals surface area contributed by atoms with Crippen molar-refractivity contribution in [1.29, 1.82) is 0 Å². The molecule has 4 aliphatic heterocycles. The first-order valence-electron chi connectivity index (χ1n) is 18.2. The van der Waals surface area contributed by atoms with Gasteiger partial charge in [-0.2, -0.15) is 10.2 Å². The van der Waals surface area contributed by atoms with Crippen LogP contribution in [0.5, 0.6) is 11.6 Å². The Morgan fingerprint density at radius 1 is 0.979 bits per heavy atom. The lowest BCUT2D eigenvalue weighted by molar-refractivity contribution is -0.192. The molecule has 0 amide bonds. The van der Waals surface area contributed by atoms with Crippen LogP contribution >= 0.6 is 0 Å². The molecule has 4 saturated heterocycles. The summed E-state index contributed by atoms with van der Waals surface area (Å²) < 4.78 is 27.2. The second kappa shape index (κ2) is 11.9. The zero-order chi connectivity index (χ0) is 32.5. The molecule has 48 heavy (non-hydrogen) atoms. The van der Waals surface area contributed by atoms with Crippen molar-refractivity contribution >= 4 is 5.82 Å². The molecule has 9 rings (SSSR count). The van der Waals surface area contributed by atoms with Crippen molar-refractivity contribution in [2.75, 3.05) is 50.8 Å². The molecule has 1 aromatic carbocycles. The Kier molecular flexibility index (Phi) is 7.66. The predicted molar refractivity (Wildman–Crippen MR) is 179 cm³/mol. The summed E-state index contributed by atoms with van der Waals surface area (Å²) in [5.41, 5.74) is 2.74. The number of hydrogen-bond donors (Lipinski definition) is 0. The lowest BCUT2D eigenvalue weighted by Crippen LogP contribution is -2.70. The number of benzene rings is 1. The Labute approximate surface area is 282 Å². The molecular weight excluding hydrogens is 607 g/mol. The van der Waals surface area contributed by atoms with E-state index in [0.29, 0.717) is 46.6 Å². The molecule has 254 valence electrons. The number of rotatable bonds is 9. The van der Waals surface area contributed by atoms with E-state index in [4.69, 9.17) is 9.47 Å². The van der Waals surface area contributed by atoms with Crippen LogP contribution in [-0.2, 0) is 4.74 Å². The molecule has 11 heteroatoms. The lowest BCUT2D eigenvalue weighted by Gasteiger charge is -2.61. The summed E-state index contributed by atoms with van der Waals surface area (Å²) in [6.07, 6.45) is 13.0. The maximum absolute atomic E-state index is 14.6. The van der Waals surface area contributed by atoms with E-state index < -0.39 is 0 Å². The number of aromatic nitrogens is 5. The van der Waals surface area contributed by atoms with Crippen LogP contribution < -0.4 is 9.64 Å². The van der Waals surface area contributed by atoms with E-state index in [9.17, 15) is 4.39 Å². The molecule has 2 spiro atoms. The Bertz CT molecular complexity index is 1640. The van der Waals surface area contributed by atoms with Gasteiger partial charge in [-0.25, -0.2) is 9.37 Å². The van der Waals surface area contributed by atoms with Gasteiger partial charge in [-0.05, 0) is 98.9 Å². The Balaban J connectivity index is 0.854. The smallest absolute Gasteiger partial charge is 0.282 e. The Hall–Kier alpha value is -3.28. The second-order valence-electron chi connectivity index (χ2n) is 16.0. The molecule has 1 atom stereocenters. The fraction of sp³-hybridized carbons (Fsp3) is 0.649. The van der Waals surface area contributed by atoms with Gasteiger partial charge in [0.05, 0.1) is 5.60 Å². The fourth-order valence-corrected chi connectivity index (χ4v) is 9.68. The van der Waals surface area contributed by atoms with Crippen molar-refractivity contribution in [2.45, 2.75) is 88.8 Å². The number of nitrogens with zero attached hydrogens (tertiary/aromatic N) is 8. The van der Waals surface area contributed by atoms with Crippen molar-refractivity contribution in [3.63, 3.8) is 0 Å². The van der Waals surface area contributed by atoms with Gasteiger partial charge in [0.1, 0.15) is 23.6 Å². The van der Waals surface area contributed by atoms with Crippen LogP contribution in [0.1, 0.15) is 76.7 Å². The molecule has 6 fully saturated rings. The number of ether oxygens (including phenoxy) is 2. The van der Waals surface area contributed by atoms with E-state index in [-0.39, 0.29) is 16.8 Å². The molecule has 3 aromatic rings. The minimum Gasteiger partial charge on any atom is -0.434 e. The summed E-state index contributed by atoms with van der Waals surface area (Å²) in [7, 11) is 0. The van der Waals surface area contributed by atoms with Crippen LogP contribution in [0, 0.1) is 23.1 Å². The van der Waals surface area contributed by atoms with Gasteiger partial charge < -0.3 is 14.4 Å². The highest BCUT2D eigenvalue weighted by molar-refractivity contribution is 5.71. The summed E-state index contributed by atoms with van der Waals surface area (Å²) in [5, 5.41) is 17.0. The molecule has 6 heterocycles. The lowest BCUT2D eigenvalue weighted by atomic mass is 9.67. The third kappa shape index (κ3) is 5.55. The van der Waals surface area contributed by atoms with Crippen LogP contribution in [0.2, 0.25) is 0 Å². The molecular formula is C37H47FN8O2. The average Bonchev–Trinajstić information content (AvgIpc) is 3.80. The fourth-order valence-electron chi connectivity index (χ4n) is 9.68. The number of halogens is 1. The van der Waals surface area contributed by atoms with Gasteiger partial charge in [0, 0.05) is 75.1 Å². The van der Waals surface area contributed by atoms with E-state index in [0.717, 1.165) is 82.7 Å². The van der Waals surface area contributed by atoms with Crippen molar-refractivity contribution in [3.8, 4) is 22.9 Å². The van der Waals surface area contributed by atoms with E-state index in [1.54, 1.807) is 12.3 Å². The normalized spacial score (nSPS) is 27.1. The van der Waals surface area contributed by atoms with Crippen molar-refractivity contribution in [3.05, 3.63) is 48.2 Å². The standard InChI is InChI=1S/C37H47FN8O2/c1-24(2)33(26-15-28(16-26)45-21-37(22-45)10-3-4-14-47-37)46-19-36(20-46)11-13-44(18-36)34-35(43-41-23-39-34)48-31-8-7-27(38)17-30(31)32-29(25-5-6-25)9-12-40-42-32/h7-9,12,17,23-26,28,33H,3-6,10-11,13-16,18-22H2,1-2H3/t26?,28?,33-/m0/s1. The molecule has 10 nitrogen and oxygen atoms in total. The van der Waals surface area contributed by atoms with Gasteiger partial charge in [0.15, 0.2) is 5.82 Å². The Morgan fingerprint density at radius 2 is 1.83 bits per heavy atom. The highest BCUT2D eigenvalue weighted by Gasteiger charge is 2.55. The number of anilines is 1. The molecule has 0 bridgehead atoms. The third-order valence-electron chi connectivity index (χ3n) is 12.2. The highest BCUT2D eigenvalue weighted by atomic mass is 19.1. The minimum atomic E-state index is -0.349. The minimum absolute atomic E-state index is 0.181. The average molecular weight is 655 g/mol. The van der Waals surface area contributed by atoms with Crippen LogP contribution in [-0.4, -0.2) is 98.7 Å². The van der Waals surface area contributed by atoms with Gasteiger partial charge in [-0.1, -0.05) is 13.8 Å². The zero-order valence-corrected chi connectivity index (χ0v) is 28.2. The summed E-state index contributed by atoms with van der Waals surface area (Å²) in [6, 6.07) is 7.89. The summed E-state index contributed by atoms with van der Waals surface area (Å²) in [4.78, 5) is 12.4. The van der Waals surface area contributed by atoms with Gasteiger partial charge in [-0.3, -0.25) is 9.80 Å². The van der Waals surface area contributed by atoms with Crippen molar-refractivity contribution in [2.24, 2.45) is 17.3 Å². The molecule has 0 unspecified atom stereocenters. The van der Waals surface area contributed by atoms with Crippen LogP contribution in [0.4, 0.5) is 10.2 Å². The number of hydrogen-bond acceptors (Lipinski definition) is 10. The van der Waals surface area contributed by atoms with E-state index >= 15 is 0 Å². The predicted octanol–water partition coefficient (Wildman–Crippen LogP) is 5.71. The summed E-state index contributed by atoms with van der Waals surface area (Å²) in [6.45, 7) is 12.1. The first kappa shape index (κ1) is 30.8. The zero-order valence-electron chi connectivity index (χ0n) is 28.2. The SMILES string of the molecule is CC(C)[C@@H](C1CC(N2CC3(CCCCO3)C2)C1)N1CC2(CCN(c3ncnnc3Oc3ccc(F)cc3-c3nnccc3C3CC3)C2)C1. The molecule has 0 radical (unpaired) electrons. The largest absolute Gasteiger partial charge is 0.434 e. The summed E-state index contributed by atoms with van der Waals surface area (Å²) >= 11 is 0. The monoisotopic (exact) mass is 654 g/mol. The maximum atomic E-state index is 14.6. The van der Waals surface area contributed by atoms with Gasteiger partial charge in [0.25, 0.3) is 5.88 Å². The van der Waals surface area contributed by atoms with Crippen molar-refractivity contribution in [1.82, 2.24) is 35.2 Å². The van der Waals surface area contributed by atoms with E-state index in [1.807, 2.05) is 6.07 Å². The van der Waals surface area contributed by atoms with Crippen molar-refractivity contribution < 1.29 is 13.9 Å². The quantitative estimate of drug-likeness (QED) is 0.286. The maximum Gasteiger partial charge on any atom is 0.282 e. The third-order valence-corrected chi connectivity index (χ3v) is 12.2. The molecule has 6 aliphatic rings. The molecule has 2 saturated carbocycles. The van der Waals surface area contributed by atoms with Crippen LogP contribution in [0.3, 0.4) is 0 Å². The van der Waals surface area contributed by atoms with E-state index in [1.165, 1.54) is 50.6 Å². The molecule has 2 aromatic heterocycles. The van der Waals surface area contributed by atoms with Gasteiger partial charge in [-0.15, -0.1) is 10.2 Å².